The number of hydrogen-bond acceptors (Lipinski definition) is 3. The Morgan fingerprint density at radius 1 is 1.47 bits per heavy atom. The first-order valence-corrected chi connectivity index (χ1v) is 5.84. The Bertz CT molecular complexity index is 506. The summed E-state index contributed by atoms with van der Waals surface area (Å²) in [5.74, 6) is -1.49. The van der Waals surface area contributed by atoms with Gasteiger partial charge >= 0.3 is 5.97 Å². The molecule has 0 spiro atoms. The fraction of sp³-hybridized carbons (Fsp3) is 0.286. The Morgan fingerprint density at radius 2 is 2.26 bits per heavy atom. The van der Waals surface area contributed by atoms with Crippen molar-refractivity contribution in [3.8, 4) is 11.8 Å². The van der Waals surface area contributed by atoms with Gasteiger partial charge in [-0.1, -0.05) is 6.07 Å². The van der Waals surface area contributed by atoms with Crippen LogP contribution in [0.4, 0.5) is 4.39 Å². The van der Waals surface area contributed by atoms with Crippen LogP contribution in [0.3, 0.4) is 0 Å². The first-order valence-electron chi connectivity index (χ1n) is 5.84. The zero-order valence-electron chi connectivity index (χ0n) is 10.3. The van der Waals surface area contributed by atoms with Crippen molar-refractivity contribution in [1.82, 2.24) is 0 Å². The van der Waals surface area contributed by atoms with Crippen LogP contribution in [0, 0.1) is 17.1 Å². The maximum absolute atomic E-state index is 13.6. The molecule has 1 aromatic rings. The van der Waals surface area contributed by atoms with Crippen LogP contribution >= 0.6 is 0 Å². The van der Waals surface area contributed by atoms with Crippen LogP contribution in [0.1, 0.15) is 24.8 Å². The highest BCUT2D eigenvalue weighted by Crippen LogP contribution is 2.19. The Labute approximate surface area is 110 Å². The molecular weight excluding hydrogens is 249 g/mol. The number of rotatable bonds is 7. The zero-order valence-corrected chi connectivity index (χ0v) is 10.3. The summed E-state index contributed by atoms with van der Waals surface area (Å²) in [5.41, 5.74) is 0.455. The number of carboxylic acid groups (broad SMARTS) is 1. The lowest BCUT2D eigenvalue weighted by Gasteiger charge is -2.07. The second-order valence-electron chi connectivity index (χ2n) is 3.83. The maximum atomic E-state index is 13.6. The molecule has 0 aliphatic heterocycles. The third-order valence-corrected chi connectivity index (χ3v) is 2.31. The third kappa shape index (κ3) is 5.68. The fourth-order valence-electron chi connectivity index (χ4n) is 1.39. The van der Waals surface area contributed by atoms with E-state index in [0.29, 0.717) is 25.0 Å². The molecule has 0 saturated heterocycles. The molecule has 100 valence electrons. The summed E-state index contributed by atoms with van der Waals surface area (Å²) in [6, 6.07) is 6.27. The molecular formula is C14H14FNO3. The van der Waals surface area contributed by atoms with Gasteiger partial charge in [0.05, 0.1) is 12.7 Å². The number of unbranched alkanes of at least 4 members (excludes halogenated alkanes) is 2. The third-order valence-electron chi connectivity index (χ3n) is 2.31. The molecule has 1 rings (SSSR count). The first kappa shape index (κ1) is 14.7. The molecule has 0 heterocycles. The number of carbonyl (C=O) groups is 1. The number of hydrogen-bond donors (Lipinski definition) is 1. The quantitative estimate of drug-likeness (QED) is 0.606. The highest BCUT2D eigenvalue weighted by Gasteiger charge is 2.03. The molecule has 5 heteroatoms. The lowest BCUT2D eigenvalue weighted by molar-refractivity contribution is -0.131. The van der Waals surface area contributed by atoms with Crippen LogP contribution < -0.4 is 4.74 Å². The van der Waals surface area contributed by atoms with Gasteiger partial charge in [-0.05, 0) is 36.6 Å². The smallest absolute Gasteiger partial charge is 0.328 e. The van der Waals surface area contributed by atoms with E-state index in [0.717, 1.165) is 12.5 Å². The topological polar surface area (TPSA) is 70.3 Å². The molecule has 0 unspecified atom stereocenters. The summed E-state index contributed by atoms with van der Waals surface area (Å²) >= 11 is 0. The molecule has 0 aliphatic carbocycles. The molecule has 0 radical (unpaired) electrons. The fourth-order valence-corrected chi connectivity index (χ4v) is 1.39. The van der Waals surface area contributed by atoms with E-state index in [1.165, 1.54) is 18.2 Å². The van der Waals surface area contributed by atoms with E-state index in [4.69, 9.17) is 15.1 Å². The second kappa shape index (κ2) is 7.88. The number of nitriles is 1. The van der Waals surface area contributed by atoms with Gasteiger partial charge in [-0.15, -0.1) is 0 Å². The Morgan fingerprint density at radius 3 is 2.89 bits per heavy atom. The van der Waals surface area contributed by atoms with Crippen molar-refractivity contribution in [2.24, 2.45) is 0 Å². The highest BCUT2D eigenvalue weighted by molar-refractivity contribution is 5.85. The molecule has 0 amide bonds. The van der Waals surface area contributed by atoms with Crippen LogP contribution in [0.15, 0.2) is 24.3 Å². The second-order valence-corrected chi connectivity index (χ2v) is 3.83. The van der Waals surface area contributed by atoms with E-state index in [-0.39, 0.29) is 5.75 Å². The van der Waals surface area contributed by atoms with Crippen molar-refractivity contribution in [3.05, 3.63) is 35.7 Å². The van der Waals surface area contributed by atoms with Gasteiger partial charge in [0, 0.05) is 12.5 Å². The SMILES string of the molecule is N#CCCCCOc1ccc(/C=C/C(=O)O)cc1F. The molecule has 0 aliphatic rings. The van der Waals surface area contributed by atoms with Crippen molar-refractivity contribution in [3.63, 3.8) is 0 Å². The van der Waals surface area contributed by atoms with E-state index < -0.39 is 11.8 Å². The van der Waals surface area contributed by atoms with Gasteiger partial charge in [-0.2, -0.15) is 5.26 Å². The van der Waals surface area contributed by atoms with Crippen LogP contribution in [-0.4, -0.2) is 17.7 Å². The first-order chi connectivity index (χ1) is 9.13. The average Bonchev–Trinajstić information content (AvgIpc) is 2.38. The predicted molar refractivity (Wildman–Crippen MR) is 68.0 cm³/mol. The standard InChI is InChI=1S/C14H14FNO3/c15-12-10-11(5-7-14(17)18)4-6-13(12)19-9-3-1-2-8-16/h4-7,10H,1-3,9H2,(H,17,18)/b7-5+. The number of benzene rings is 1. The Hall–Kier alpha value is -2.35. The van der Waals surface area contributed by atoms with Crippen molar-refractivity contribution in [2.75, 3.05) is 6.61 Å². The summed E-state index contributed by atoms with van der Waals surface area (Å²) in [6.07, 6.45) is 4.12. The number of nitrogens with zero attached hydrogens (tertiary/aromatic N) is 1. The Balaban J connectivity index is 2.53. The van der Waals surface area contributed by atoms with Gasteiger partial charge in [0.25, 0.3) is 0 Å². The summed E-state index contributed by atoms with van der Waals surface area (Å²) in [7, 11) is 0. The van der Waals surface area contributed by atoms with Gasteiger partial charge in [0.1, 0.15) is 0 Å². The number of aliphatic carboxylic acids is 1. The molecule has 0 fully saturated rings. The summed E-state index contributed by atoms with van der Waals surface area (Å²) in [5, 5.41) is 16.8. The highest BCUT2D eigenvalue weighted by atomic mass is 19.1. The molecule has 0 bridgehead atoms. The monoisotopic (exact) mass is 263 g/mol. The van der Waals surface area contributed by atoms with Gasteiger partial charge in [0.2, 0.25) is 0 Å². The molecule has 19 heavy (non-hydrogen) atoms. The van der Waals surface area contributed by atoms with Gasteiger partial charge in [0.15, 0.2) is 11.6 Å². The van der Waals surface area contributed by atoms with Crippen LogP contribution in [0.2, 0.25) is 0 Å². The minimum absolute atomic E-state index is 0.129. The predicted octanol–water partition coefficient (Wildman–Crippen LogP) is 3.00. The molecule has 4 nitrogen and oxygen atoms in total. The van der Waals surface area contributed by atoms with Crippen molar-refractivity contribution in [1.29, 1.82) is 5.26 Å². The molecule has 0 atom stereocenters. The number of ether oxygens (including phenoxy) is 1. The van der Waals surface area contributed by atoms with Crippen LogP contribution in [0.25, 0.3) is 6.08 Å². The zero-order chi connectivity index (χ0) is 14.1. The molecule has 1 aromatic carbocycles. The van der Waals surface area contributed by atoms with E-state index in [1.807, 2.05) is 6.07 Å². The summed E-state index contributed by atoms with van der Waals surface area (Å²) in [6.45, 7) is 0.350. The molecule has 0 saturated carbocycles. The minimum atomic E-state index is -1.08. The van der Waals surface area contributed by atoms with Crippen molar-refractivity contribution >= 4 is 12.0 Å². The van der Waals surface area contributed by atoms with E-state index in [2.05, 4.69) is 0 Å². The number of carboxylic acids is 1. The lowest BCUT2D eigenvalue weighted by Crippen LogP contribution is -1.99. The van der Waals surface area contributed by atoms with E-state index >= 15 is 0 Å². The maximum Gasteiger partial charge on any atom is 0.328 e. The van der Waals surface area contributed by atoms with Crippen LogP contribution in [0.5, 0.6) is 5.75 Å². The minimum Gasteiger partial charge on any atom is -0.491 e. The normalized spacial score (nSPS) is 10.3. The van der Waals surface area contributed by atoms with Gasteiger partial charge in [-0.3, -0.25) is 0 Å². The van der Waals surface area contributed by atoms with Gasteiger partial charge in [-0.25, -0.2) is 9.18 Å². The Kier molecular flexibility index (Phi) is 6.10. The van der Waals surface area contributed by atoms with E-state index in [1.54, 1.807) is 6.07 Å². The van der Waals surface area contributed by atoms with Crippen molar-refractivity contribution < 1.29 is 19.0 Å². The van der Waals surface area contributed by atoms with E-state index in [9.17, 15) is 9.18 Å². The molecule has 1 N–H and O–H groups in total. The summed E-state index contributed by atoms with van der Waals surface area (Å²) < 4.78 is 18.8. The lowest BCUT2D eigenvalue weighted by atomic mass is 10.2. The van der Waals surface area contributed by atoms with Gasteiger partial charge < -0.3 is 9.84 Å². The number of halogens is 1. The summed E-state index contributed by atoms with van der Waals surface area (Å²) in [4.78, 5) is 10.3. The molecule has 0 aromatic heterocycles. The largest absolute Gasteiger partial charge is 0.491 e. The average molecular weight is 263 g/mol. The van der Waals surface area contributed by atoms with Crippen LogP contribution in [-0.2, 0) is 4.79 Å². The van der Waals surface area contributed by atoms with Crippen molar-refractivity contribution in [2.45, 2.75) is 19.3 Å².